The Bertz CT molecular complexity index is 1950. The predicted octanol–water partition coefficient (Wildman–Crippen LogP) is 7.12. The lowest BCUT2D eigenvalue weighted by Crippen LogP contribution is -2.66. The van der Waals surface area contributed by atoms with E-state index in [2.05, 4.69) is 159 Å². The minimum atomic E-state index is 0.156. The van der Waals surface area contributed by atoms with Gasteiger partial charge in [-0.05, 0) is 173 Å². The molecule has 5 aromatic rings. The molecule has 5 aromatic carbocycles. The summed E-state index contributed by atoms with van der Waals surface area (Å²) in [7, 11) is 0. The Labute approximate surface area is 291 Å². The van der Waals surface area contributed by atoms with Crippen molar-refractivity contribution in [3.63, 3.8) is 0 Å². The smallest absolute Gasteiger partial charge is 0.247 e. The number of rotatable bonds is 2. The summed E-state index contributed by atoms with van der Waals surface area (Å²) in [5.74, 6) is 0. The second kappa shape index (κ2) is 10.9. The van der Waals surface area contributed by atoms with Crippen LogP contribution in [0.4, 0.5) is 17.1 Å². The van der Waals surface area contributed by atoms with E-state index in [9.17, 15) is 0 Å². The van der Waals surface area contributed by atoms with Gasteiger partial charge in [-0.2, -0.15) is 0 Å². The highest BCUT2D eigenvalue weighted by Crippen LogP contribution is 2.39. The highest BCUT2D eigenvalue weighted by Gasteiger charge is 2.45. The van der Waals surface area contributed by atoms with Crippen molar-refractivity contribution in [1.29, 1.82) is 0 Å². The molecule has 230 valence electrons. The molecule has 0 radical (unpaired) electrons. The molecule has 2 aliphatic heterocycles. The first-order valence-corrected chi connectivity index (χ1v) is 17.8. The number of nitrogens with zero attached hydrogens (tertiary/aromatic N) is 1. The fourth-order valence-corrected chi connectivity index (χ4v) is 9.48. The normalized spacial score (nSPS) is 13.2. The van der Waals surface area contributed by atoms with Gasteiger partial charge in [-0.25, -0.2) is 0 Å². The van der Waals surface area contributed by atoms with Crippen molar-refractivity contribution < 1.29 is 0 Å². The van der Waals surface area contributed by atoms with Crippen LogP contribution in [0.15, 0.2) is 48.5 Å². The molecule has 0 aromatic heterocycles. The quantitative estimate of drug-likeness (QED) is 0.137. The van der Waals surface area contributed by atoms with Crippen LogP contribution in [0.25, 0.3) is 0 Å². The van der Waals surface area contributed by atoms with Crippen molar-refractivity contribution >= 4 is 85.9 Å². The topological polar surface area (TPSA) is 3.24 Å². The highest BCUT2D eigenvalue weighted by molar-refractivity contribution is 14.1. The molecule has 0 saturated carbocycles. The molecular formula is C42H44B2IN. The SMILES string of the molecule is Cc1ccc2c(c1)B(c1c(C)c(C)c(C)c(C)c1C)c1cc(I)cc3c1N2c1ccc(C)cc1B3c1c(C)c(C)c(C)c(C)c1C. The summed E-state index contributed by atoms with van der Waals surface area (Å²) >= 11 is 2.59. The van der Waals surface area contributed by atoms with Crippen molar-refractivity contribution in [1.82, 2.24) is 0 Å². The van der Waals surface area contributed by atoms with Gasteiger partial charge in [0.05, 0.1) is 0 Å². The average Bonchev–Trinajstić information content (AvgIpc) is 3.02. The molecule has 0 N–H and O–H groups in total. The summed E-state index contributed by atoms with van der Waals surface area (Å²) in [4.78, 5) is 2.62. The molecule has 2 heterocycles. The van der Waals surface area contributed by atoms with E-state index in [1.54, 1.807) is 0 Å². The van der Waals surface area contributed by atoms with Gasteiger partial charge >= 0.3 is 0 Å². The van der Waals surface area contributed by atoms with Gasteiger partial charge in [0.25, 0.3) is 0 Å². The number of fused-ring (bicyclic) bond motifs is 4. The molecule has 0 unspecified atom stereocenters. The molecular weight excluding hydrogens is 667 g/mol. The number of anilines is 3. The Kier molecular flexibility index (Phi) is 7.44. The Morgan fingerprint density at radius 1 is 0.413 bits per heavy atom. The lowest BCUT2D eigenvalue weighted by atomic mass is 9.29. The number of aryl methyl sites for hydroxylation is 2. The van der Waals surface area contributed by atoms with Crippen LogP contribution in [-0.4, -0.2) is 13.4 Å². The maximum absolute atomic E-state index is 2.62. The maximum Gasteiger partial charge on any atom is 0.247 e. The molecule has 0 bridgehead atoms. The zero-order chi connectivity index (χ0) is 33.1. The molecule has 1 nitrogen and oxygen atoms in total. The molecule has 0 atom stereocenters. The summed E-state index contributed by atoms with van der Waals surface area (Å²) in [6.07, 6.45) is 0. The highest BCUT2D eigenvalue weighted by atomic mass is 127. The van der Waals surface area contributed by atoms with E-state index >= 15 is 0 Å². The Morgan fingerprint density at radius 3 is 1.09 bits per heavy atom. The van der Waals surface area contributed by atoms with Gasteiger partial charge in [-0.15, -0.1) is 0 Å². The van der Waals surface area contributed by atoms with Gasteiger partial charge in [-0.1, -0.05) is 80.7 Å². The summed E-state index contributed by atoms with van der Waals surface area (Å²) in [6.45, 7) is 28.1. The molecule has 0 saturated heterocycles. The van der Waals surface area contributed by atoms with Gasteiger partial charge in [0, 0.05) is 20.6 Å². The van der Waals surface area contributed by atoms with Crippen molar-refractivity contribution in [2.45, 2.75) is 83.1 Å². The van der Waals surface area contributed by atoms with Crippen LogP contribution in [0.1, 0.15) is 66.8 Å². The van der Waals surface area contributed by atoms with Crippen molar-refractivity contribution in [3.8, 4) is 0 Å². The van der Waals surface area contributed by atoms with E-state index < -0.39 is 0 Å². The first kappa shape index (κ1) is 31.4. The second-order valence-corrected chi connectivity index (χ2v) is 15.6. The number of halogens is 1. The van der Waals surface area contributed by atoms with Crippen LogP contribution in [-0.2, 0) is 0 Å². The Hall–Kier alpha value is -3.24. The Balaban J connectivity index is 1.67. The molecule has 4 heteroatoms. The third-order valence-corrected chi connectivity index (χ3v) is 12.8. The van der Waals surface area contributed by atoms with Crippen LogP contribution >= 0.6 is 22.6 Å². The predicted molar refractivity (Wildman–Crippen MR) is 213 cm³/mol. The van der Waals surface area contributed by atoms with E-state index in [0.29, 0.717) is 0 Å². The first-order valence-electron chi connectivity index (χ1n) is 16.7. The van der Waals surface area contributed by atoms with Crippen LogP contribution in [0.2, 0.25) is 0 Å². The van der Waals surface area contributed by atoms with Gasteiger partial charge < -0.3 is 4.90 Å². The van der Waals surface area contributed by atoms with E-state index in [1.165, 1.54) is 120 Å². The van der Waals surface area contributed by atoms with Crippen molar-refractivity contribution in [3.05, 3.63) is 119 Å². The average molecular weight is 711 g/mol. The largest absolute Gasteiger partial charge is 0.313 e. The number of hydrogen-bond acceptors (Lipinski definition) is 1. The monoisotopic (exact) mass is 711 g/mol. The van der Waals surface area contributed by atoms with Crippen molar-refractivity contribution in [2.75, 3.05) is 4.90 Å². The molecule has 7 rings (SSSR count). The van der Waals surface area contributed by atoms with E-state index in [4.69, 9.17) is 0 Å². The first-order chi connectivity index (χ1) is 21.7. The van der Waals surface area contributed by atoms with E-state index in [1.807, 2.05) is 0 Å². The van der Waals surface area contributed by atoms with Crippen molar-refractivity contribution in [2.24, 2.45) is 0 Å². The van der Waals surface area contributed by atoms with Gasteiger partial charge in [0.1, 0.15) is 0 Å². The zero-order valence-corrected chi connectivity index (χ0v) is 31.8. The molecule has 0 amide bonds. The summed E-state index contributed by atoms with van der Waals surface area (Å²) in [5.41, 5.74) is 29.5. The fourth-order valence-electron chi connectivity index (χ4n) is 8.81. The lowest BCUT2D eigenvalue weighted by Gasteiger charge is -2.45. The third kappa shape index (κ3) is 4.28. The van der Waals surface area contributed by atoms with E-state index in [-0.39, 0.29) is 13.4 Å². The molecule has 2 aliphatic rings. The number of hydrogen-bond donors (Lipinski definition) is 0. The molecule has 0 aliphatic carbocycles. The summed E-state index contributed by atoms with van der Waals surface area (Å²) in [5, 5.41) is 0. The molecule has 0 fully saturated rings. The molecule has 46 heavy (non-hydrogen) atoms. The van der Waals surface area contributed by atoms with Gasteiger partial charge in [0.15, 0.2) is 0 Å². The van der Waals surface area contributed by atoms with Crippen LogP contribution in [0.5, 0.6) is 0 Å². The summed E-state index contributed by atoms with van der Waals surface area (Å²) < 4.78 is 1.31. The van der Waals surface area contributed by atoms with Crippen LogP contribution in [0.3, 0.4) is 0 Å². The third-order valence-electron chi connectivity index (χ3n) is 12.1. The van der Waals surface area contributed by atoms with Gasteiger partial charge in [-0.3, -0.25) is 0 Å². The lowest BCUT2D eigenvalue weighted by molar-refractivity contribution is 1.19. The van der Waals surface area contributed by atoms with Crippen LogP contribution in [0, 0.1) is 86.7 Å². The second-order valence-electron chi connectivity index (χ2n) is 14.3. The molecule has 0 spiro atoms. The fraction of sp³-hybridized carbons (Fsp3) is 0.286. The van der Waals surface area contributed by atoms with Gasteiger partial charge in [0.2, 0.25) is 13.4 Å². The standard InChI is InChI=1S/C42H44B2IN/c1-21-13-15-38-34(17-21)43(40-29(9)25(5)23(3)26(6)30(40)10)36-19-33(45)20-37-42(36)46(38)39-16-14-22(2)18-35(39)44(37)41-31(11)27(7)24(4)28(8)32(41)12/h13-20H,1-12H3. The minimum Gasteiger partial charge on any atom is -0.313 e. The van der Waals surface area contributed by atoms with Crippen LogP contribution < -0.4 is 37.7 Å². The summed E-state index contributed by atoms with van der Waals surface area (Å²) in [6, 6.07) is 19.3. The minimum absolute atomic E-state index is 0.156. The zero-order valence-electron chi connectivity index (χ0n) is 29.6. The maximum atomic E-state index is 2.62. The van der Waals surface area contributed by atoms with E-state index in [0.717, 1.165) is 0 Å². The Morgan fingerprint density at radius 2 is 0.739 bits per heavy atom. The number of benzene rings is 5.